The standard InChI is InChI=1S/C66H48N2/c1-3-15-45(16-4-1)55-31-37-61-63(43-55)65(67(57-33-27-47-19-7-11-23-51(47)39-57)58-34-28-48-20-8-12-24-52(48)40-58)62-38-32-56(46-17-5-2-6-18-46)44-64(62)66(61)68(59-35-29-49-21-9-13-25-53(49)41-59)60-36-30-50-22-10-14-26-54(50)42-60/h1-9,11-15,17-21,23-45H,10,16,22H2. The average molecular weight is 869 g/mol. The van der Waals surface area contributed by atoms with Crippen molar-refractivity contribution in [2.45, 2.75) is 25.2 Å². The number of fused-ring (bicyclic) bond motifs is 6. The number of hydrogen-bond acceptors (Lipinski definition) is 2. The molecule has 0 radical (unpaired) electrons. The Morgan fingerprint density at radius 1 is 0.368 bits per heavy atom. The van der Waals surface area contributed by atoms with Gasteiger partial charge in [-0.05, 0) is 140 Å². The second-order valence-corrected chi connectivity index (χ2v) is 18.4. The monoisotopic (exact) mass is 868 g/mol. The summed E-state index contributed by atoms with van der Waals surface area (Å²) < 4.78 is 0. The van der Waals surface area contributed by atoms with Crippen LogP contribution in [0.1, 0.15) is 35.4 Å². The van der Waals surface area contributed by atoms with Crippen LogP contribution in [-0.4, -0.2) is 0 Å². The number of anilines is 6. The maximum absolute atomic E-state index is 2.55. The van der Waals surface area contributed by atoms with Crippen LogP contribution in [-0.2, 0) is 6.42 Å². The summed E-state index contributed by atoms with van der Waals surface area (Å²) in [6.45, 7) is 0. The molecule has 2 aliphatic rings. The van der Waals surface area contributed by atoms with E-state index in [0.717, 1.165) is 53.4 Å². The molecule has 1 atom stereocenters. The van der Waals surface area contributed by atoms with Crippen LogP contribution < -0.4 is 9.80 Å². The van der Waals surface area contributed by atoms with E-state index >= 15 is 0 Å². The van der Waals surface area contributed by atoms with E-state index in [1.165, 1.54) is 81.7 Å². The maximum atomic E-state index is 2.55. The van der Waals surface area contributed by atoms with Crippen LogP contribution in [0.3, 0.4) is 0 Å². The molecule has 11 aromatic carbocycles. The molecule has 322 valence electrons. The third kappa shape index (κ3) is 7.05. The molecule has 0 spiro atoms. The minimum Gasteiger partial charge on any atom is -0.309 e. The molecule has 11 aromatic rings. The molecule has 13 rings (SSSR count). The number of rotatable bonds is 8. The van der Waals surface area contributed by atoms with E-state index in [9.17, 15) is 0 Å². The summed E-state index contributed by atoms with van der Waals surface area (Å²) in [6, 6.07) is 79.5. The fourth-order valence-electron chi connectivity index (χ4n) is 10.9. The Hall–Kier alpha value is -8.46. The molecule has 0 aromatic heterocycles. The van der Waals surface area contributed by atoms with Gasteiger partial charge in [0.2, 0.25) is 0 Å². The number of nitrogens with zero attached hydrogens (tertiary/aromatic N) is 2. The first kappa shape index (κ1) is 39.9. The molecule has 0 saturated heterocycles. The lowest BCUT2D eigenvalue weighted by Gasteiger charge is -2.34. The molecule has 0 bridgehead atoms. The smallest absolute Gasteiger partial charge is 0.0620 e. The van der Waals surface area contributed by atoms with Crippen molar-refractivity contribution < 1.29 is 0 Å². The van der Waals surface area contributed by atoms with E-state index in [-0.39, 0.29) is 5.92 Å². The van der Waals surface area contributed by atoms with Crippen LogP contribution >= 0.6 is 0 Å². The molecular formula is C66H48N2. The van der Waals surface area contributed by atoms with Crippen LogP contribution in [0.15, 0.2) is 243 Å². The highest BCUT2D eigenvalue weighted by atomic mass is 15.2. The van der Waals surface area contributed by atoms with Gasteiger partial charge in [0.25, 0.3) is 0 Å². The molecule has 68 heavy (non-hydrogen) atoms. The summed E-state index contributed by atoms with van der Waals surface area (Å²) in [7, 11) is 0. The van der Waals surface area contributed by atoms with Crippen molar-refractivity contribution in [3.8, 4) is 11.1 Å². The highest BCUT2D eigenvalue weighted by Gasteiger charge is 2.28. The zero-order valence-electron chi connectivity index (χ0n) is 37.8. The molecule has 2 aliphatic carbocycles. The maximum Gasteiger partial charge on any atom is 0.0620 e. The first-order valence-electron chi connectivity index (χ1n) is 24.0. The van der Waals surface area contributed by atoms with Crippen LogP contribution in [0.25, 0.3) is 71.1 Å². The number of allylic oxidation sites excluding steroid dienone is 5. The molecule has 0 aliphatic heterocycles. The Labute approximate surface area is 397 Å². The fraction of sp³-hybridized carbons (Fsp3) is 0.0606. The van der Waals surface area contributed by atoms with Gasteiger partial charge in [0.1, 0.15) is 0 Å². The number of hydrogen-bond donors (Lipinski definition) is 0. The summed E-state index contributed by atoms with van der Waals surface area (Å²) in [4.78, 5) is 5.09. The van der Waals surface area contributed by atoms with Crippen LogP contribution in [0.4, 0.5) is 34.1 Å². The molecule has 0 saturated carbocycles. The molecule has 1 unspecified atom stereocenters. The quantitative estimate of drug-likeness (QED) is 0.111. The zero-order valence-corrected chi connectivity index (χ0v) is 37.8. The summed E-state index contributed by atoms with van der Waals surface area (Å²) >= 11 is 0. The molecule has 0 fully saturated rings. The minimum atomic E-state index is 0.260. The van der Waals surface area contributed by atoms with Gasteiger partial charge in [-0.3, -0.25) is 0 Å². The molecular weight excluding hydrogens is 821 g/mol. The van der Waals surface area contributed by atoms with Gasteiger partial charge in [-0.25, -0.2) is 0 Å². The van der Waals surface area contributed by atoms with Crippen molar-refractivity contribution in [3.63, 3.8) is 0 Å². The Balaban J connectivity index is 1.19. The van der Waals surface area contributed by atoms with Gasteiger partial charge in [-0.2, -0.15) is 0 Å². The summed E-state index contributed by atoms with van der Waals surface area (Å²) in [5.41, 5.74) is 13.1. The van der Waals surface area contributed by atoms with Crippen molar-refractivity contribution in [1.82, 2.24) is 0 Å². The largest absolute Gasteiger partial charge is 0.309 e. The average Bonchev–Trinajstić information content (AvgIpc) is 3.41. The number of benzene rings is 11. The molecule has 0 heterocycles. The normalized spacial score (nSPS) is 14.3. The van der Waals surface area contributed by atoms with Gasteiger partial charge < -0.3 is 9.80 Å². The molecule has 2 heteroatoms. The molecule has 0 N–H and O–H groups in total. The van der Waals surface area contributed by atoms with E-state index in [4.69, 9.17) is 0 Å². The fourth-order valence-corrected chi connectivity index (χ4v) is 10.9. The van der Waals surface area contributed by atoms with Crippen molar-refractivity contribution in [2.75, 3.05) is 9.80 Å². The van der Waals surface area contributed by atoms with Crippen molar-refractivity contribution in [3.05, 3.63) is 259 Å². The van der Waals surface area contributed by atoms with Gasteiger partial charge in [0, 0.05) is 50.2 Å². The van der Waals surface area contributed by atoms with Crippen LogP contribution in [0.5, 0.6) is 0 Å². The Bertz CT molecular complexity index is 3780. The second kappa shape index (κ2) is 16.8. The Morgan fingerprint density at radius 3 is 1.49 bits per heavy atom. The lowest BCUT2D eigenvalue weighted by molar-refractivity contribution is 0.855. The second-order valence-electron chi connectivity index (χ2n) is 18.4. The van der Waals surface area contributed by atoms with E-state index in [1.54, 1.807) is 0 Å². The zero-order chi connectivity index (χ0) is 45.0. The van der Waals surface area contributed by atoms with E-state index in [2.05, 4.69) is 259 Å². The van der Waals surface area contributed by atoms with Crippen molar-refractivity contribution >= 4 is 94.1 Å². The summed E-state index contributed by atoms with van der Waals surface area (Å²) in [5.74, 6) is 0.260. The van der Waals surface area contributed by atoms with E-state index in [1.807, 2.05) is 0 Å². The van der Waals surface area contributed by atoms with Gasteiger partial charge >= 0.3 is 0 Å². The predicted molar refractivity (Wildman–Crippen MR) is 292 cm³/mol. The first-order valence-corrected chi connectivity index (χ1v) is 24.0. The third-order valence-electron chi connectivity index (χ3n) is 14.3. The van der Waals surface area contributed by atoms with Gasteiger partial charge in [0.05, 0.1) is 11.4 Å². The van der Waals surface area contributed by atoms with Crippen LogP contribution in [0, 0.1) is 0 Å². The Kier molecular flexibility index (Phi) is 9.83. The lowest BCUT2D eigenvalue weighted by atomic mass is 9.87. The van der Waals surface area contributed by atoms with Gasteiger partial charge in [-0.15, -0.1) is 0 Å². The summed E-state index contributed by atoms with van der Waals surface area (Å²) in [6.07, 6.45) is 16.8. The van der Waals surface area contributed by atoms with Gasteiger partial charge in [-0.1, -0.05) is 188 Å². The highest BCUT2D eigenvalue weighted by molar-refractivity contribution is 6.24. The topological polar surface area (TPSA) is 6.48 Å². The predicted octanol–water partition coefficient (Wildman–Crippen LogP) is 18.6. The van der Waals surface area contributed by atoms with Crippen LogP contribution in [0.2, 0.25) is 0 Å². The van der Waals surface area contributed by atoms with Crippen molar-refractivity contribution in [2.24, 2.45) is 0 Å². The van der Waals surface area contributed by atoms with E-state index < -0.39 is 0 Å². The van der Waals surface area contributed by atoms with Crippen molar-refractivity contribution in [1.29, 1.82) is 0 Å². The summed E-state index contributed by atoms with van der Waals surface area (Å²) in [5, 5.41) is 12.0. The molecule has 0 amide bonds. The highest BCUT2D eigenvalue weighted by Crippen LogP contribution is 2.53. The Morgan fingerprint density at radius 2 is 0.897 bits per heavy atom. The van der Waals surface area contributed by atoms with E-state index in [0.29, 0.717) is 0 Å². The minimum absolute atomic E-state index is 0.260. The SMILES string of the molecule is C1=CCC(c2ccc3c(N(c4ccc5c(c4)C=CCC5)c4ccc5ccccc5c4)c4cc(-c5ccccc5)ccc4c(N(c4ccc5ccccc5c4)c4ccc5ccccc5c4)c3c2)C=C1. The first-order chi connectivity index (χ1) is 33.7. The number of aryl methyl sites for hydroxylation is 1. The lowest BCUT2D eigenvalue weighted by Crippen LogP contribution is -2.15. The third-order valence-corrected chi connectivity index (χ3v) is 14.3. The molecule has 2 nitrogen and oxygen atoms in total. The van der Waals surface area contributed by atoms with Gasteiger partial charge in [0.15, 0.2) is 0 Å².